The first kappa shape index (κ1) is 19.3. The minimum Gasteiger partial charge on any atom is -0.496 e. The van der Waals surface area contributed by atoms with Crippen molar-refractivity contribution in [3.63, 3.8) is 0 Å². The summed E-state index contributed by atoms with van der Waals surface area (Å²) in [5, 5.41) is 11.4. The molecule has 1 N–H and O–H groups in total. The fourth-order valence-electron chi connectivity index (χ4n) is 2.39. The fraction of sp³-hybridized carbons (Fsp3) is 0.211. The quantitative estimate of drug-likeness (QED) is 0.573. The third-order valence-electron chi connectivity index (χ3n) is 3.50. The Morgan fingerprint density at radius 3 is 2.78 bits per heavy atom. The van der Waals surface area contributed by atoms with Gasteiger partial charge in [-0.3, -0.25) is 10.1 Å². The number of ether oxygens (including phenoxy) is 1. The topological polar surface area (TPSA) is 77.2 Å². The summed E-state index contributed by atoms with van der Waals surface area (Å²) in [6.45, 7) is 4.25. The summed E-state index contributed by atoms with van der Waals surface area (Å²) in [5.74, 6) is 0.276. The number of halogens is 1. The van der Waals surface area contributed by atoms with E-state index in [1.165, 1.54) is 13.2 Å². The molecular formula is C19H18ClN3O3S. The van der Waals surface area contributed by atoms with Crippen molar-refractivity contribution in [1.82, 2.24) is 10.2 Å². The molecule has 3 rings (SSSR count). The first-order chi connectivity index (χ1) is 13.0. The maximum absolute atomic E-state index is 12.5. The van der Waals surface area contributed by atoms with Gasteiger partial charge in [-0.15, -0.1) is 16.9 Å². The van der Waals surface area contributed by atoms with Crippen LogP contribution in [0.15, 0.2) is 51.8 Å². The molecule has 3 aromatic rings. The van der Waals surface area contributed by atoms with Crippen LogP contribution in [0.2, 0.25) is 5.02 Å². The van der Waals surface area contributed by atoms with Crippen LogP contribution in [-0.4, -0.2) is 28.5 Å². The number of benzene rings is 2. The van der Waals surface area contributed by atoms with Crippen LogP contribution in [-0.2, 0) is 0 Å². The van der Waals surface area contributed by atoms with E-state index < -0.39 is 5.91 Å². The first-order valence-electron chi connectivity index (χ1n) is 8.21. The Hall–Kier alpha value is -2.51. The zero-order valence-electron chi connectivity index (χ0n) is 15.0. The molecular weight excluding hydrogens is 386 g/mol. The van der Waals surface area contributed by atoms with Crippen molar-refractivity contribution in [2.75, 3.05) is 12.4 Å². The molecule has 0 bridgehead atoms. The number of nitrogens with zero attached hydrogens (tertiary/aromatic N) is 2. The van der Waals surface area contributed by atoms with Gasteiger partial charge in [-0.1, -0.05) is 36.6 Å². The second-order valence-electron chi connectivity index (χ2n) is 5.91. The summed E-state index contributed by atoms with van der Waals surface area (Å²) in [6.07, 6.45) is 0. The Kier molecular flexibility index (Phi) is 6.03. The molecule has 0 saturated carbocycles. The fourth-order valence-corrected chi connectivity index (χ4v) is 3.46. The normalized spacial score (nSPS) is 10.9. The number of methoxy groups -OCH3 is 1. The zero-order valence-corrected chi connectivity index (χ0v) is 16.6. The van der Waals surface area contributed by atoms with Crippen LogP contribution in [0.3, 0.4) is 0 Å². The number of aromatic nitrogens is 2. The van der Waals surface area contributed by atoms with E-state index in [4.69, 9.17) is 20.8 Å². The molecule has 1 heterocycles. The Morgan fingerprint density at radius 2 is 2.04 bits per heavy atom. The average Bonchev–Trinajstić information content (AvgIpc) is 3.10. The van der Waals surface area contributed by atoms with Crippen molar-refractivity contribution in [2.45, 2.75) is 24.0 Å². The third-order valence-corrected chi connectivity index (χ3v) is 4.74. The molecule has 0 spiro atoms. The number of nitrogens with one attached hydrogen (secondary N) is 1. The van der Waals surface area contributed by atoms with Crippen LogP contribution in [0.1, 0.15) is 24.2 Å². The van der Waals surface area contributed by atoms with E-state index in [-0.39, 0.29) is 11.6 Å². The number of carbonyl (C=O) groups is 1. The molecule has 0 saturated heterocycles. The van der Waals surface area contributed by atoms with Crippen LogP contribution in [0.25, 0.3) is 11.5 Å². The van der Waals surface area contributed by atoms with Gasteiger partial charge in [-0.2, -0.15) is 0 Å². The van der Waals surface area contributed by atoms with Gasteiger partial charge in [-0.05, 0) is 36.4 Å². The molecule has 140 valence electrons. The van der Waals surface area contributed by atoms with E-state index in [0.717, 1.165) is 10.5 Å². The molecule has 0 aliphatic heterocycles. The molecule has 0 unspecified atom stereocenters. The lowest BCUT2D eigenvalue weighted by Crippen LogP contribution is -2.13. The number of hydrogen-bond acceptors (Lipinski definition) is 6. The van der Waals surface area contributed by atoms with Crippen molar-refractivity contribution >= 4 is 35.3 Å². The number of rotatable bonds is 6. The summed E-state index contributed by atoms with van der Waals surface area (Å²) in [7, 11) is 1.48. The second kappa shape index (κ2) is 8.45. The van der Waals surface area contributed by atoms with Crippen molar-refractivity contribution in [3.05, 3.63) is 53.1 Å². The predicted octanol–water partition coefficient (Wildman–Crippen LogP) is 5.15. The predicted molar refractivity (Wildman–Crippen MR) is 107 cm³/mol. The lowest BCUT2D eigenvalue weighted by molar-refractivity contribution is 0.102. The van der Waals surface area contributed by atoms with Crippen molar-refractivity contribution in [2.24, 2.45) is 0 Å². The van der Waals surface area contributed by atoms with Crippen LogP contribution in [0, 0.1) is 0 Å². The third kappa shape index (κ3) is 4.81. The van der Waals surface area contributed by atoms with E-state index in [1.807, 2.05) is 24.3 Å². The minimum absolute atomic E-state index is 0.000978. The van der Waals surface area contributed by atoms with Gasteiger partial charge in [0.2, 0.25) is 5.89 Å². The van der Waals surface area contributed by atoms with Crippen molar-refractivity contribution in [3.8, 4) is 17.2 Å². The molecule has 0 radical (unpaired) electrons. The minimum atomic E-state index is -0.450. The highest BCUT2D eigenvalue weighted by atomic mass is 35.5. The van der Waals surface area contributed by atoms with Gasteiger partial charge in [0.1, 0.15) is 5.75 Å². The zero-order chi connectivity index (χ0) is 19.4. The molecule has 0 aliphatic rings. The summed E-state index contributed by atoms with van der Waals surface area (Å²) in [4.78, 5) is 13.6. The standard InChI is InChI=1S/C19H18ClN3O3S/c1-11(2)27-14-6-4-5-12(9-14)18-22-23-19(26-18)21-17(24)15-10-13(20)7-8-16(15)25-3/h4-11H,1-3H3,(H,21,23,24). The van der Waals surface area contributed by atoms with Crippen LogP contribution in [0.4, 0.5) is 6.01 Å². The van der Waals surface area contributed by atoms with Crippen LogP contribution >= 0.6 is 23.4 Å². The van der Waals surface area contributed by atoms with Gasteiger partial charge in [0, 0.05) is 20.7 Å². The van der Waals surface area contributed by atoms with Crippen LogP contribution < -0.4 is 10.1 Å². The Morgan fingerprint density at radius 1 is 1.22 bits per heavy atom. The van der Waals surface area contributed by atoms with Gasteiger partial charge in [0.25, 0.3) is 5.91 Å². The van der Waals surface area contributed by atoms with Crippen LogP contribution in [0.5, 0.6) is 5.75 Å². The summed E-state index contributed by atoms with van der Waals surface area (Å²) >= 11 is 7.71. The van der Waals surface area contributed by atoms with E-state index >= 15 is 0 Å². The first-order valence-corrected chi connectivity index (χ1v) is 9.47. The summed E-state index contributed by atoms with van der Waals surface area (Å²) < 4.78 is 10.8. The molecule has 0 aliphatic carbocycles. The number of hydrogen-bond donors (Lipinski definition) is 1. The maximum atomic E-state index is 12.5. The Balaban J connectivity index is 1.79. The number of thioether (sulfide) groups is 1. The molecule has 27 heavy (non-hydrogen) atoms. The van der Waals surface area contributed by atoms with E-state index in [9.17, 15) is 4.79 Å². The van der Waals surface area contributed by atoms with E-state index in [1.54, 1.807) is 23.9 Å². The molecule has 0 fully saturated rings. The van der Waals surface area contributed by atoms with E-state index in [0.29, 0.717) is 21.9 Å². The van der Waals surface area contributed by atoms with Crippen molar-refractivity contribution < 1.29 is 13.9 Å². The van der Waals surface area contributed by atoms with Gasteiger partial charge < -0.3 is 9.15 Å². The second-order valence-corrected chi connectivity index (χ2v) is 7.99. The number of anilines is 1. The number of amides is 1. The lowest BCUT2D eigenvalue weighted by atomic mass is 10.2. The highest BCUT2D eigenvalue weighted by molar-refractivity contribution is 7.99. The Bertz CT molecular complexity index is 959. The van der Waals surface area contributed by atoms with E-state index in [2.05, 4.69) is 29.4 Å². The molecule has 0 atom stereocenters. The molecule has 1 amide bonds. The summed E-state index contributed by atoms with van der Waals surface area (Å²) in [5.41, 5.74) is 1.06. The maximum Gasteiger partial charge on any atom is 0.322 e. The lowest BCUT2D eigenvalue weighted by Gasteiger charge is -2.07. The molecule has 6 nitrogen and oxygen atoms in total. The van der Waals surface area contributed by atoms with Gasteiger partial charge in [0.05, 0.1) is 12.7 Å². The highest BCUT2D eigenvalue weighted by Crippen LogP contribution is 2.28. The summed E-state index contributed by atoms with van der Waals surface area (Å²) in [6, 6.07) is 12.6. The van der Waals surface area contributed by atoms with Gasteiger partial charge in [0.15, 0.2) is 0 Å². The SMILES string of the molecule is COc1ccc(Cl)cc1C(=O)Nc1nnc(-c2cccc(SC(C)C)c2)o1. The largest absolute Gasteiger partial charge is 0.496 e. The number of carbonyl (C=O) groups excluding carboxylic acids is 1. The van der Waals surface area contributed by atoms with Gasteiger partial charge in [-0.25, -0.2) is 0 Å². The van der Waals surface area contributed by atoms with Gasteiger partial charge >= 0.3 is 6.01 Å². The average molecular weight is 404 g/mol. The van der Waals surface area contributed by atoms with Crippen molar-refractivity contribution in [1.29, 1.82) is 0 Å². The Labute approximate surface area is 166 Å². The monoisotopic (exact) mass is 403 g/mol. The molecule has 1 aromatic heterocycles. The smallest absolute Gasteiger partial charge is 0.322 e. The molecule has 2 aromatic carbocycles. The highest BCUT2D eigenvalue weighted by Gasteiger charge is 2.17. The molecule has 8 heteroatoms.